The topological polar surface area (TPSA) is 37.3 Å². The molecule has 1 aromatic carbocycles. The second kappa shape index (κ2) is 4.76. The Bertz CT molecular complexity index is 361. The molecular weight excluding hydrogens is 347 g/mol. The zero-order valence-corrected chi connectivity index (χ0v) is 10.2. The molecule has 0 aromatic heterocycles. The van der Waals surface area contributed by atoms with Gasteiger partial charge < -0.3 is 5.11 Å². The van der Waals surface area contributed by atoms with E-state index in [1.165, 1.54) is 0 Å². The molecule has 0 amide bonds. The van der Waals surface area contributed by atoms with Gasteiger partial charge in [-0.15, -0.1) is 0 Å². The molecule has 0 heterocycles. The van der Waals surface area contributed by atoms with Gasteiger partial charge in [-0.05, 0) is 52.4 Å². The zero-order valence-electron chi connectivity index (χ0n) is 6.50. The highest BCUT2D eigenvalue weighted by Gasteiger charge is 1.97. The number of carboxylic acids is 1. The molecule has 0 spiro atoms. The van der Waals surface area contributed by atoms with Gasteiger partial charge in [-0.2, -0.15) is 0 Å². The number of rotatable bonds is 2. The predicted octanol–water partition coefficient (Wildman–Crippen LogP) is 3.15. The Labute approximate surface area is 97.9 Å². The largest absolute Gasteiger partial charge is 0.478 e. The number of benzene rings is 1. The summed E-state index contributed by atoms with van der Waals surface area (Å²) < 4.78 is 1.97. The van der Waals surface area contributed by atoms with Gasteiger partial charge in [0.1, 0.15) is 0 Å². The van der Waals surface area contributed by atoms with Crippen LogP contribution < -0.4 is 0 Å². The third-order valence-electron chi connectivity index (χ3n) is 1.36. The van der Waals surface area contributed by atoms with Gasteiger partial charge >= 0.3 is 5.97 Å². The number of halogens is 2. The molecule has 0 aliphatic rings. The molecule has 1 rings (SSSR count). The van der Waals surface area contributed by atoms with E-state index in [1.807, 2.05) is 18.2 Å². The van der Waals surface area contributed by atoms with Gasteiger partial charge in [-0.25, -0.2) is 4.79 Å². The van der Waals surface area contributed by atoms with Crippen molar-refractivity contribution < 1.29 is 9.90 Å². The summed E-state index contributed by atoms with van der Waals surface area (Å²) in [5.41, 5.74) is 0.900. The highest BCUT2D eigenvalue weighted by atomic mass is 127. The second-order valence-electron chi connectivity index (χ2n) is 2.34. The maximum atomic E-state index is 10.3. The summed E-state index contributed by atoms with van der Waals surface area (Å²) in [6, 6.07) is 5.72. The minimum atomic E-state index is -0.934. The van der Waals surface area contributed by atoms with Crippen LogP contribution >= 0.6 is 38.5 Å². The Kier molecular flexibility index (Phi) is 3.92. The van der Waals surface area contributed by atoms with Crippen LogP contribution in [-0.4, -0.2) is 11.1 Å². The molecule has 2 nitrogen and oxygen atoms in total. The normalized spacial score (nSPS) is 10.6. The second-order valence-corrected chi connectivity index (χ2v) is 4.42. The van der Waals surface area contributed by atoms with Crippen molar-refractivity contribution in [2.75, 3.05) is 0 Å². The molecule has 0 radical (unpaired) electrons. The van der Waals surface area contributed by atoms with E-state index in [4.69, 9.17) is 5.11 Å². The Morgan fingerprint density at radius 2 is 2.23 bits per heavy atom. The highest BCUT2D eigenvalue weighted by Crippen LogP contribution is 2.19. The van der Waals surface area contributed by atoms with Gasteiger partial charge in [-0.1, -0.05) is 15.9 Å². The van der Waals surface area contributed by atoms with Crippen LogP contribution in [0.5, 0.6) is 0 Å². The molecular formula is C9H6BrIO2. The molecule has 0 fully saturated rings. The van der Waals surface area contributed by atoms with E-state index in [-0.39, 0.29) is 0 Å². The van der Waals surface area contributed by atoms with Crippen molar-refractivity contribution in [3.05, 3.63) is 37.9 Å². The Morgan fingerprint density at radius 3 is 2.85 bits per heavy atom. The van der Waals surface area contributed by atoms with E-state index in [0.717, 1.165) is 19.7 Å². The van der Waals surface area contributed by atoms with Gasteiger partial charge in [0.25, 0.3) is 0 Å². The summed E-state index contributed by atoms with van der Waals surface area (Å²) in [7, 11) is 0. The Morgan fingerprint density at radius 1 is 1.54 bits per heavy atom. The molecule has 1 aromatic rings. The smallest absolute Gasteiger partial charge is 0.328 e. The quantitative estimate of drug-likeness (QED) is 0.655. The maximum Gasteiger partial charge on any atom is 0.328 e. The predicted molar refractivity (Wildman–Crippen MR) is 63.5 cm³/mol. The standard InChI is InChI=1S/C9H6BrIO2/c10-7-2-3-8(11)6(5-7)1-4-9(12)13/h1-5H,(H,12,13). The van der Waals surface area contributed by atoms with Gasteiger partial charge in [0.05, 0.1) is 0 Å². The van der Waals surface area contributed by atoms with Crippen LogP contribution in [0.25, 0.3) is 6.08 Å². The number of hydrogen-bond donors (Lipinski definition) is 1. The van der Waals surface area contributed by atoms with E-state index < -0.39 is 5.97 Å². The zero-order chi connectivity index (χ0) is 9.84. The highest BCUT2D eigenvalue weighted by molar-refractivity contribution is 14.1. The van der Waals surface area contributed by atoms with Crippen LogP contribution in [0.15, 0.2) is 28.7 Å². The monoisotopic (exact) mass is 352 g/mol. The first-order valence-electron chi connectivity index (χ1n) is 3.45. The van der Waals surface area contributed by atoms with Crippen LogP contribution in [0.1, 0.15) is 5.56 Å². The summed E-state index contributed by atoms with van der Waals surface area (Å²) in [6.07, 6.45) is 2.71. The molecule has 1 N–H and O–H groups in total. The van der Waals surface area contributed by atoms with Crippen LogP contribution in [0, 0.1) is 3.57 Å². The number of carbonyl (C=O) groups is 1. The summed E-state index contributed by atoms with van der Waals surface area (Å²) in [4.78, 5) is 10.3. The Balaban J connectivity index is 3.00. The third-order valence-corrected chi connectivity index (χ3v) is 2.84. The fourth-order valence-corrected chi connectivity index (χ4v) is 1.70. The van der Waals surface area contributed by atoms with Crippen LogP contribution in [0.3, 0.4) is 0 Å². The van der Waals surface area contributed by atoms with E-state index in [0.29, 0.717) is 0 Å². The van der Waals surface area contributed by atoms with Gasteiger partial charge in [0.2, 0.25) is 0 Å². The van der Waals surface area contributed by atoms with Crippen LogP contribution in [0.4, 0.5) is 0 Å². The minimum absolute atomic E-state index is 0.900. The molecule has 0 saturated heterocycles. The molecule has 13 heavy (non-hydrogen) atoms. The lowest BCUT2D eigenvalue weighted by Gasteiger charge is -1.98. The van der Waals surface area contributed by atoms with Crippen molar-refractivity contribution in [2.45, 2.75) is 0 Å². The first kappa shape index (κ1) is 10.7. The molecule has 0 atom stereocenters. The lowest BCUT2D eigenvalue weighted by Crippen LogP contribution is -1.87. The SMILES string of the molecule is O=C(O)C=Cc1cc(Br)ccc1I. The average molecular weight is 353 g/mol. The van der Waals surface area contributed by atoms with Crippen LogP contribution in [-0.2, 0) is 4.79 Å². The molecule has 0 aliphatic heterocycles. The fourth-order valence-electron chi connectivity index (χ4n) is 0.803. The van der Waals surface area contributed by atoms with Crippen molar-refractivity contribution in [3.63, 3.8) is 0 Å². The third kappa shape index (κ3) is 3.48. The average Bonchev–Trinajstić information content (AvgIpc) is 2.06. The lowest BCUT2D eigenvalue weighted by molar-refractivity contribution is -0.131. The minimum Gasteiger partial charge on any atom is -0.478 e. The van der Waals surface area contributed by atoms with Gasteiger partial charge in [0, 0.05) is 14.1 Å². The van der Waals surface area contributed by atoms with E-state index >= 15 is 0 Å². The molecule has 0 aliphatic carbocycles. The Hall–Kier alpha value is -0.360. The van der Waals surface area contributed by atoms with Crippen molar-refractivity contribution in [1.82, 2.24) is 0 Å². The first-order chi connectivity index (χ1) is 6.09. The fraction of sp³-hybridized carbons (Fsp3) is 0. The van der Waals surface area contributed by atoms with E-state index in [2.05, 4.69) is 38.5 Å². The van der Waals surface area contributed by atoms with Gasteiger partial charge in [0.15, 0.2) is 0 Å². The van der Waals surface area contributed by atoms with E-state index in [9.17, 15) is 4.79 Å². The lowest BCUT2D eigenvalue weighted by atomic mass is 10.2. The number of hydrogen-bond acceptors (Lipinski definition) is 1. The first-order valence-corrected chi connectivity index (χ1v) is 5.33. The molecule has 0 saturated carbocycles. The van der Waals surface area contributed by atoms with Crippen molar-refractivity contribution in [2.24, 2.45) is 0 Å². The summed E-state index contributed by atoms with van der Waals surface area (Å²) >= 11 is 5.48. The summed E-state index contributed by atoms with van der Waals surface area (Å²) in [5, 5.41) is 8.43. The number of aliphatic carboxylic acids is 1. The molecule has 4 heteroatoms. The van der Waals surface area contributed by atoms with Crippen molar-refractivity contribution in [3.8, 4) is 0 Å². The summed E-state index contributed by atoms with van der Waals surface area (Å²) in [6.45, 7) is 0. The van der Waals surface area contributed by atoms with Crippen molar-refractivity contribution >= 4 is 50.6 Å². The van der Waals surface area contributed by atoms with Crippen molar-refractivity contribution in [1.29, 1.82) is 0 Å². The molecule has 0 bridgehead atoms. The maximum absolute atomic E-state index is 10.3. The number of carboxylic acid groups (broad SMARTS) is 1. The van der Waals surface area contributed by atoms with Gasteiger partial charge in [-0.3, -0.25) is 0 Å². The van der Waals surface area contributed by atoms with E-state index in [1.54, 1.807) is 6.08 Å². The molecule has 68 valence electrons. The molecule has 0 unspecified atom stereocenters. The van der Waals surface area contributed by atoms with Crippen LogP contribution in [0.2, 0.25) is 0 Å². The summed E-state index contributed by atoms with van der Waals surface area (Å²) in [5.74, 6) is -0.934.